The zero-order valence-electron chi connectivity index (χ0n) is 10.1. The van der Waals surface area contributed by atoms with Gasteiger partial charge in [0.15, 0.2) is 6.10 Å². The molecule has 0 aromatic rings. The zero-order chi connectivity index (χ0) is 12.9. The van der Waals surface area contributed by atoms with E-state index in [1.807, 2.05) is 21.1 Å². The van der Waals surface area contributed by atoms with Crippen molar-refractivity contribution in [2.75, 3.05) is 27.7 Å². The molecule has 0 saturated heterocycles. The third-order valence-electron chi connectivity index (χ3n) is 1.77. The first kappa shape index (κ1) is 14.9. The van der Waals surface area contributed by atoms with E-state index in [1.165, 1.54) is 6.92 Å². The van der Waals surface area contributed by atoms with Gasteiger partial charge in [-0.2, -0.15) is 0 Å². The summed E-state index contributed by atoms with van der Waals surface area (Å²) in [6.45, 7) is 1.61. The third-order valence-corrected chi connectivity index (χ3v) is 1.77. The van der Waals surface area contributed by atoms with E-state index in [-0.39, 0.29) is 6.42 Å². The van der Waals surface area contributed by atoms with E-state index in [2.05, 4.69) is 0 Å². The molecule has 0 aliphatic heterocycles. The Labute approximate surface area is 95.0 Å². The Balaban J connectivity index is 4.43. The summed E-state index contributed by atoms with van der Waals surface area (Å²) in [5.74, 6) is -2.10. The van der Waals surface area contributed by atoms with E-state index in [4.69, 9.17) is 9.84 Å². The van der Waals surface area contributed by atoms with Gasteiger partial charge in [-0.1, -0.05) is 0 Å². The smallest absolute Gasteiger partial charge is 0.335 e. The van der Waals surface area contributed by atoms with Crippen molar-refractivity contribution >= 4 is 11.9 Å². The quantitative estimate of drug-likeness (QED) is 0.429. The first-order valence-electron chi connectivity index (χ1n) is 5.00. The average Bonchev–Trinajstić information content (AvgIpc) is 1.98. The predicted octanol–water partition coefficient (Wildman–Crippen LogP) is -1.87. The van der Waals surface area contributed by atoms with E-state index < -0.39 is 24.1 Å². The lowest BCUT2D eigenvalue weighted by molar-refractivity contribution is -0.873. The molecule has 0 aliphatic carbocycles. The molecule has 94 valence electrons. The fraction of sp³-hybridized carbons (Fsp3) is 0.800. The second kappa shape index (κ2) is 5.81. The number of quaternary nitrogens is 1. The minimum Gasteiger partial charge on any atom is -0.550 e. The number of aliphatic hydroxyl groups excluding tert-OH is 1. The molecule has 0 aromatic heterocycles. The van der Waals surface area contributed by atoms with Gasteiger partial charge in [-0.05, 0) is 6.92 Å². The number of nitrogens with zero attached hydrogens (tertiary/aromatic N) is 1. The van der Waals surface area contributed by atoms with Gasteiger partial charge in [-0.25, -0.2) is 4.79 Å². The van der Waals surface area contributed by atoms with Crippen molar-refractivity contribution in [2.45, 2.75) is 25.6 Å². The molecule has 0 bridgehead atoms. The number of aliphatic hydroxyl groups is 1. The predicted molar refractivity (Wildman–Crippen MR) is 54.1 cm³/mol. The Morgan fingerprint density at radius 2 is 1.88 bits per heavy atom. The normalized spacial score (nSPS) is 15.3. The van der Waals surface area contributed by atoms with Crippen LogP contribution in [-0.2, 0) is 14.3 Å². The van der Waals surface area contributed by atoms with Crippen LogP contribution < -0.4 is 5.11 Å². The van der Waals surface area contributed by atoms with Crippen molar-refractivity contribution in [3.8, 4) is 0 Å². The number of esters is 1. The lowest BCUT2D eigenvalue weighted by Crippen LogP contribution is -2.45. The molecule has 6 nitrogen and oxygen atoms in total. The Morgan fingerprint density at radius 3 is 2.19 bits per heavy atom. The summed E-state index contributed by atoms with van der Waals surface area (Å²) in [5.41, 5.74) is 0. The Kier molecular flexibility index (Phi) is 5.40. The first-order valence-corrected chi connectivity index (χ1v) is 5.00. The van der Waals surface area contributed by atoms with Gasteiger partial charge in [0.25, 0.3) is 0 Å². The minimum atomic E-state index is -1.28. The monoisotopic (exact) mass is 233 g/mol. The van der Waals surface area contributed by atoms with Gasteiger partial charge in [-0.15, -0.1) is 0 Å². The van der Waals surface area contributed by atoms with Gasteiger partial charge >= 0.3 is 5.97 Å². The maximum Gasteiger partial charge on any atom is 0.335 e. The van der Waals surface area contributed by atoms with Crippen LogP contribution >= 0.6 is 0 Å². The average molecular weight is 233 g/mol. The van der Waals surface area contributed by atoms with Crippen LogP contribution in [0.3, 0.4) is 0 Å². The maximum atomic E-state index is 11.1. The third kappa shape index (κ3) is 7.19. The molecule has 0 spiro atoms. The van der Waals surface area contributed by atoms with Crippen molar-refractivity contribution in [3.63, 3.8) is 0 Å². The number of aliphatic carboxylic acids is 1. The zero-order valence-corrected chi connectivity index (χ0v) is 10.1. The molecule has 1 N–H and O–H groups in total. The molecular weight excluding hydrogens is 214 g/mol. The van der Waals surface area contributed by atoms with Crippen molar-refractivity contribution < 1.29 is 29.0 Å². The molecule has 16 heavy (non-hydrogen) atoms. The number of likely N-dealkylation sites (N-methyl/N-ethyl adjacent to an activating group) is 1. The molecule has 0 rings (SSSR count). The van der Waals surface area contributed by atoms with Crippen LogP contribution in [0.4, 0.5) is 0 Å². The number of carbonyl (C=O) groups excluding carboxylic acids is 2. The van der Waals surface area contributed by atoms with Gasteiger partial charge in [0.2, 0.25) is 0 Å². The van der Waals surface area contributed by atoms with Crippen LogP contribution in [0.5, 0.6) is 0 Å². The highest BCUT2D eigenvalue weighted by Gasteiger charge is 2.24. The maximum absolute atomic E-state index is 11.1. The summed E-state index contributed by atoms with van der Waals surface area (Å²) >= 11 is 0. The number of ether oxygens (including phenoxy) is 1. The van der Waals surface area contributed by atoms with Gasteiger partial charge in [0, 0.05) is 12.4 Å². The van der Waals surface area contributed by atoms with Crippen LogP contribution in [0.15, 0.2) is 0 Å². The Hall–Kier alpha value is -1.14. The number of hydrogen-bond donors (Lipinski definition) is 1. The van der Waals surface area contributed by atoms with E-state index in [0.717, 1.165) is 0 Å². The summed E-state index contributed by atoms with van der Waals surface area (Å²) in [6, 6.07) is 0. The van der Waals surface area contributed by atoms with E-state index >= 15 is 0 Å². The van der Waals surface area contributed by atoms with Gasteiger partial charge in [0.1, 0.15) is 12.6 Å². The van der Waals surface area contributed by atoms with Crippen LogP contribution in [0.1, 0.15) is 13.3 Å². The van der Waals surface area contributed by atoms with Gasteiger partial charge < -0.3 is 24.2 Å². The van der Waals surface area contributed by atoms with Crippen LogP contribution in [0.25, 0.3) is 0 Å². The van der Waals surface area contributed by atoms with Crippen molar-refractivity contribution in [3.05, 3.63) is 0 Å². The van der Waals surface area contributed by atoms with E-state index in [9.17, 15) is 14.7 Å². The van der Waals surface area contributed by atoms with Crippen molar-refractivity contribution in [1.82, 2.24) is 0 Å². The number of carbonyl (C=O) groups is 2. The van der Waals surface area contributed by atoms with Crippen LogP contribution in [-0.4, -0.2) is 61.4 Å². The molecule has 0 aromatic carbocycles. The molecular formula is C10H19NO5. The summed E-state index contributed by atoms with van der Waals surface area (Å²) in [4.78, 5) is 21.6. The lowest BCUT2D eigenvalue weighted by Gasteiger charge is -2.29. The molecule has 0 heterocycles. The Bertz CT molecular complexity index is 256. The van der Waals surface area contributed by atoms with Crippen molar-refractivity contribution in [1.29, 1.82) is 0 Å². The van der Waals surface area contributed by atoms with E-state index in [0.29, 0.717) is 11.0 Å². The lowest BCUT2D eigenvalue weighted by atomic mass is 10.2. The SMILES string of the molecule is CC(O)C(=O)OC(CC(=O)[O-])C[N+](C)(C)C. The highest BCUT2D eigenvalue weighted by molar-refractivity contribution is 5.74. The highest BCUT2D eigenvalue weighted by atomic mass is 16.6. The molecule has 0 fully saturated rings. The second-order valence-electron chi connectivity index (χ2n) is 4.78. The second-order valence-corrected chi connectivity index (χ2v) is 4.78. The number of carboxylic acid groups (broad SMARTS) is 1. The molecule has 0 aliphatic rings. The topological polar surface area (TPSA) is 86.7 Å². The molecule has 0 amide bonds. The van der Waals surface area contributed by atoms with Crippen LogP contribution in [0.2, 0.25) is 0 Å². The fourth-order valence-electron chi connectivity index (χ4n) is 1.20. The molecule has 0 radical (unpaired) electrons. The molecule has 2 unspecified atom stereocenters. The summed E-state index contributed by atoms with van der Waals surface area (Å²) in [5, 5.41) is 19.4. The van der Waals surface area contributed by atoms with Gasteiger partial charge in [-0.3, -0.25) is 0 Å². The summed E-state index contributed by atoms with van der Waals surface area (Å²) in [7, 11) is 5.54. The van der Waals surface area contributed by atoms with Gasteiger partial charge in [0.05, 0.1) is 21.1 Å². The number of hydrogen-bond acceptors (Lipinski definition) is 5. The Morgan fingerprint density at radius 1 is 1.38 bits per heavy atom. The van der Waals surface area contributed by atoms with Crippen LogP contribution in [0, 0.1) is 0 Å². The number of rotatable bonds is 6. The first-order chi connectivity index (χ1) is 7.11. The molecule has 2 atom stereocenters. The largest absolute Gasteiger partial charge is 0.550 e. The minimum absolute atomic E-state index is 0.340. The highest BCUT2D eigenvalue weighted by Crippen LogP contribution is 2.05. The summed E-state index contributed by atoms with van der Waals surface area (Å²) < 4.78 is 5.32. The number of carboxylic acids is 1. The molecule has 0 saturated carbocycles. The van der Waals surface area contributed by atoms with E-state index in [1.54, 1.807) is 0 Å². The standard InChI is InChI=1S/C10H19NO5/c1-7(12)10(15)16-8(5-9(13)14)6-11(2,3)4/h7-8,12H,5-6H2,1-4H3. The molecule has 6 heteroatoms. The van der Waals surface area contributed by atoms with Crippen molar-refractivity contribution in [2.24, 2.45) is 0 Å². The fourth-order valence-corrected chi connectivity index (χ4v) is 1.20. The summed E-state index contributed by atoms with van der Waals surface area (Å²) in [6.07, 6.45) is -2.41.